The van der Waals surface area contributed by atoms with Gasteiger partial charge in [-0.05, 0) is 56.8 Å². The van der Waals surface area contributed by atoms with Crippen LogP contribution in [0.15, 0.2) is 48.9 Å². The Labute approximate surface area is 262 Å². The van der Waals surface area contributed by atoms with Gasteiger partial charge < -0.3 is 30.2 Å². The average Bonchev–Trinajstić information content (AvgIpc) is 3.71. The number of likely N-dealkylation sites (N-methyl/N-ethyl adjacent to an activating group) is 1. The van der Waals surface area contributed by atoms with E-state index in [1.165, 1.54) is 28.8 Å². The van der Waals surface area contributed by atoms with E-state index >= 15 is 0 Å². The number of hydrogen-bond acceptors (Lipinski definition) is 11. The summed E-state index contributed by atoms with van der Waals surface area (Å²) < 4.78 is 32.4. The SMILES string of the molecule is CCc1cc(Nc2nc(Nc3ccc4nccnc4c3N(C)S(C)(=O)=O)c3[nH]ccc3n2)c(OC)cc1N1CCC(N(C)C)C1. The zero-order chi connectivity index (χ0) is 31.9. The molecule has 1 unspecified atom stereocenters. The number of nitrogens with one attached hydrogen (secondary N) is 3. The van der Waals surface area contributed by atoms with Crippen LogP contribution in [0.25, 0.3) is 22.1 Å². The number of hydrogen-bond donors (Lipinski definition) is 3. The van der Waals surface area contributed by atoms with Crippen LogP contribution in [0, 0.1) is 0 Å². The molecule has 1 saturated heterocycles. The van der Waals surface area contributed by atoms with E-state index in [1.807, 2.05) is 6.07 Å². The molecule has 6 rings (SSSR count). The van der Waals surface area contributed by atoms with Gasteiger partial charge in [0.25, 0.3) is 0 Å². The van der Waals surface area contributed by atoms with Gasteiger partial charge in [0.1, 0.15) is 22.5 Å². The predicted molar refractivity (Wildman–Crippen MR) is 180 cm³/mol. The number of fused-ring (bicyclic) bond motifs is 2. The highest BCUT2D eigenvalue weighted by molar-refractivity contribution is 7.92. The fourth-order valence-corrected chi connectivity index (χ4v) is 6.30. The molecule has 0 radical (unpaired) electrons. The smallest absolute Gasteiger partial charge is 0.232 e. The van der Waals surface area contributed by atoms with Gasteiger partial charge in [-0.25, -0.2) is 13.4 Å². The Hall–Kier alpha value is -4.69. The van der Waals surface area contributed by atoms with Crippen molar-refractivity contribution in [3.05, 3.63) is 54.5 Å². The van der Waals surface area contributed by atoms with Gasteiger partial charge >= 0.3 is 0 Å². The van der Waals surface area contributed by atoms with Crippen LogP contribution < -0.4 is 24.6 Å². The Bertz CT molecular complexity index is 1980. The van der Waals surface area contributed by atoms with E-state index in [-0.39, 0.29) is 0 Å². The molecular weight excluding hydrogens is 592 g/mol. The quantitative estimate of drug-likeness (QED) is 0.201. The number of rotatable bonds is 10. The second-order valence-electron chi connectivity index (χ2n) is 11.4. The third-order valence-electron chi connectivity index (χ3n) is 8.35. The van der Waals surface area contributed by atoms with Crippen LogP contribution in [-0.4, -0.2) is 91.9 Å². The van der Waals surface area contributed by atoms with Crippen molar-refractivity contribution in [2.75, 3.05) is 67.4 Å². The van der Waals surface area contributed by atoms with Crippen LogP contribution in [-0.2, 0) is 16.4 Å². The van der Waals surface area contributed by atoms with Crippen molar-refractivity contribution in [1.29, 1.82) is 0 Å². The topological polar surface area (TPSA) is 144 Å². The van der Waals surface area contributed by atoms with Crippen molar-refractivity contribution in [2.45, 2.75) is 25.8 Å². The maximum Gasteiger partial charge on any atom is 0.232 e. The fraction of sp³-hybridized carbons (Fsp3) is 0.355. The molecule has 3 aromatic heterocycles. The lowest BCUT2D eigenvalue weighted by atomic mass is 10.1. The van der Waals surface area contributed by atoms with Crippen molar-refractivity contribution >= 4 is 66.6 Å². The van der Waals surface area contributed by atoms with E-state index in [2.05, 4.69) is 68.5 Å². The van der Waals surface area contributed by atoms with Crippen molar-refractivity contribution in [2.24, 2.45) is 0 Å². The first-order chi connectivity index (χ1) is 21.6. The minimum absolute atomic E-state index is 0.352. The summed E-state index contributed by atoms with van der Waals surface area (Å²) in [4.78, 5) is 26.3. The Morgan fingerprint density at radius 3 is 2.56 bits per heavy atom. The molecule has 1 atom stereocenters. The first kappa shape index (κ1) is 30.3. The molecule has 2 aromatic carbocycles. The van der Waals surface area contributed by atoms with Crippen LogP contribution in [0.2, 0.25) is 0 Å². The second-order valence-corrected chi connectivity index (χ2v) is 13.4. The Morgan fingerprint density at radius 1 is 1.04 bits per heavy atom. The van der Waals surface area contributed by atoms with Crippen molar-refractivity contribution < 1.29 is 13.2 Å². The molecule has 1 fully saturated rings. The summed E-state index contributed by atoms with van der Waals surface area (Å²) >= 11 is 0. The van der Waals surface area contributed by atoms with Crippen molar-refractivity contribution in [3.8, 4) is 5.75 Å². The number of aromatic nitrogens is 5. The van der Waals surface area contributed by atoms with Crippen molar-refractivity contribution in [3.63, 3.8) is 0 Å². The van der Waals surface area contributed by atoms with Crippen LogP contribution in [0.4, 0.5) is 34.5 Å². The zero-order valence-corrected chi connectivity index (χ0v) is 27.1. The van der Waals surface area contributed by atoms with E-state index in [1.54, 1.807) is 31.6 Å². The standard InChI is InChI=1S/C31H38N10O3S/c1-7-19-16-24(26(44-5)17-25(19)41-15-11-20(18-41)39(2)3)37-31-36-22-10-12-33-28(22)30(38-31)35-23-9-8-21-27(34-14-13-32-21)29(23)40(4)45(6,42)43/h8-10,12-14,16-17,20,33H,7,11,15,18H2,1-6H3,(H2,35,36,37,38). The highest BCUT2D eigenvalue weighted by atomic mass is 32.2. The number of nitrogens with zero attached hydrogens (tertiary/aromatic N) is 7. The fourth-order valence-electron chi connectivity index (χ4n) is 5.79. The molecule has 14 heteroatoms. The molecule has 236 valence electrons. The largest absolute Gasteiger partial charge is 0.494 e. The molecule has 1 aliphatic rings. The summed E-state index contributed by atoms with van der Waals surface area (Å²) in [5.74, 6) is 1.50. The minimum atomic E-state index is -3.62. The van der Waals surface area contributed by atoms with Gasteiger partial charge in [0.05, 0.1) is 35.8 Å². The molecule has 0 aliphatic carbocycles. The van der Waals surface area contributed by atoms with E-state index < -0.39 is 10.0 Å². The number of ether oxygens (including phenoxy) is 1. The third kappa shape index (κ3) is 5.90. The highest BCUT2D eigenvalue weighted by Crippen LogP contribution is 2.39. The van der Waals surface area contributed by atoms with Gasteiger partial charge in [-0.1, -0.05) is 6.92 Å². The first-order valence-corrected chi connectivity index (χ1v) is 16.6. The molecule has 0 spiro atoms. The number of anilines is 6. The summed E-state index contributed by atoms with van der Waals surface area (Å²) in [7, 11) is 3.79. The van der Waals surface area contributed by atoms with Gasteiger partial charge in [0.15, 0.2) is 5.82 Å². The van der Waals surface area contributed by atoms with Gasteiger partial charge in [-0.3, -0.25) is 14.3 Å². The van der Waals surface area contributed by atoms with Crippen molar-refractivity contribution in [1.82, 2.24) is 29.8 Å². The van der Waals surface area contributed by atoms with Gasteiger partial charge in [-0.2, -0.15) is 4.98 Å². The maximum absolute atomic E-state index is 12.7. The number of aryl methyl sites for hydroxylation is 1. The van der Waals surface area contributed by atoms with Crippen LogP contribution in [0.1, 0.15) is 18.9 Å². The molecule has 0 saturated carbocycles. The van der Waals surface area contributed by atoms with Crippen LogP contribution in [0.3, 0.4) is 0 Å². The molecule has 4 heterocycles. The minimum Gasteiger partial charge on any atom is -0.494 e. The molecule has 3 N–H and O–H groups in total. The average molecular weight is 631 g/mol. The summed E-state index contributed by atoms with van der Waals surface area (Å²) in [5, 5.41) is 6.73. The monoisotopic (exact) mass is 630 g/mol. The molecule has 0 amide bonds. The second kappa shape index (κ2) is 12.0. The Balaban J connectivity index is 1.39. The Morgan fingerprint density at radius 2 is 1.84 bits per heavy atom. The lowest BCUT2D eigenvalue weighted by Gasteiger charge is -2.25. The maximum atomic E-state index is 12.7. The molecule has 45 heavy (non-hydrogen) atoms. The summed E-state index contributed by atoms with van der Waals surface area (Å²) in [5.41, 5.74) is 6.32. The lowest BCUT2D eigenvalue weighted by molar-refractivity contribution is 0.315. The van der Waals surface area contributed by atoms with E-state index in [9.17, 15) is 8.42 Å². The zero-order valence-electron chi connectivity index (χ0n) is 26.3. The molecule has 1 aliphatic heterocycles. The van der Waals surface area contributed by atoms with E-state index in [0.29, 0.717) is 57.0 Å². The Kier molecular flexibility index (Phi) is 8.10. The lowest BCUT2D eigenvalue weighted by Crippen LogP contribution is -2.31. The molecular formula is C31H38N10O3S. The first-order valence-electron chi connectivity index (χ1n) is 14.8. The molecule has 5 aromatic rings. The number of methoxy groups -OCH3 is 1. The highest BCUT2D eigenvalue weighted by Gasteiger charge is 2.27. The number of aromatic amines is 1. The van der Waals surface area contributed by atoms with Crippen LogP contribution in [0.5, 0.6) is 5.75 Å². The van der Waals surface area contributed by atoms with Gasteiger partial charge in [0.2, 0.25) is 16.0 Å². The summed E-state index contributed by atoms with van der Waals surface area (Å²) in [6.07, 6.45) is 8.00. The van der Waals surface area contributed by atoms with Crippen LogP contribution >= 0.6 is 0 Å². The van der Waals surface area contributed by atoms with E-state index in [4.69, 9.17) is 14.7 Å². The molecule has 13 nitrogen and oxygen atoms in total. The number of H-pyrrole nitrogens is 1. The third-order valence-corrected chi connectivity index (χ3v) is 9.53. The van der Waals surface area contributed by atoms with Gasteiger partial charge in [0, 0.05) is 56.5 Å². The number of benzene rings is 2. The van der Waals surface area contributed by atoms with E-state index in [0.717, 1.165) is 37.9 Å². The summed E-state index contributed by atoms with van der Waals surface area (Å²) in [6.45, 7) is 4.11. The predicted octanol–water partition coefficient (Wildman–Crippen LogP) is 4.50. The summed E-state index contributed by atoms with van der Waals surface area (Å²) in [6, 6.07) is 10.1. The molecule has 0 bridgehead atoms. The van der Waals surface area contributed by atoms with Gasteiger partial charge in [-0.15, -0.1) is 0 Å². The normalized spacial score (nSPS) is 15.3. The number of sulfonamides is 1.